The van der Waals surface area contributed by atoms with Crippen LogP contribution < -0.4 is 4.74 Å². The Kier molecular flexibility index (Phi) is 2.52. The zero-order valence-corrected chi connectivity index (χ0v) is 10.6. The molecule has 1 aromatic carbocycles. The summed E-state index contributed by atoms with van der Waals surface area (Å²) in [4.78, 5) is 7.80. The summed E-state index contributed by atoms with van der Waals surface area (Å²) in [7, 11) is 1.67. The van der Waals surface area contributed by atoms with Crippen LogP contribution in [0.3, 0.4) is 0 Å². The Hall–Kier alpha value is -1.20. The summed E-state index contributed by atoms with van der Waals surface area (Å²) < 4.78 is 10.5. The van der Waals surface area contributed by atoms with E-state index < -0.39 is 0 Å². The standard InChI is InChI=1S/C12H14N2O2S/c1-12(6-16-12)7-17-11-13-9-4-3-8(15-2)5-10(9)14-11/h3-5H,6-7H2,1-2H3,(H,13,14). The Balaban J connectivity index is 1.80. The summed E-state index contributed by atoms with van der Waals surface area (Å²) in [5.41, 5.74) is 2.03. The van der Waals surface area contributed by atoms with Crippen LogP contribution in [-0.2, 0) is 4.74 Å². The molecule has 2 aromatic rings. The molecule has 17 heavy (non-hydrogen) atoms. The van der Waals surface area contributed by atoms with Crippen LogP contribution in [0.25, 0.3) is 11.0 Å². The highest BCUT2D eigenvalue weighted by molar-refractivity contribution is 7.99. The molecule has 0 radical (unpaired) electrons. The van der Waals surface area contributed by atoms with E-state index in [4.69, 9.17) is 9.47 Å². The van der Waals surface area contributed by atoms with Gasteiger partial charge in [0.15, 0.2) is 5.16 Å². The smallest absolute Gasteiger partial charge is 0.166 e. The molecule has 1 saturated heterocycles. The van der Waals surface area contributed by atoms with Crippen molar-refractivity contribution in [2.24, 2.45) is 0 Å². The normalized spacial score (nSPS) is 22.9. The molecule has 1 N–H and O–H groups in total. The fourth-order valence-corrected chi connectivity index (χ4v) is 2.54. The van der Waals surface area contributed by atoms with Gasteiger partial charge in [-0.05, 0) is 19.1 Å². The van der Waals surface area contributed by atoms with Gasteiger partial charge >= 0.3 is 0 Å². The highest BCUT2D eigenvalue weighted by Gasteiger charge is 2.39. The molecular formula is C12H14N2O2S. The number of nitrogens with one attached hydrogen (secondary N) is 1. The number of imidazole rings is 1. The summed E-state index contributed by atoms with van der Waals surface area (Å²) in [6, 6.07) is 5.84. The second kappa shape index (κ2) is 3.92. The zero-order chi connectivity index (χ0) is 11.9. The Morgan fingerprint density at radius 2 is 2.41 bits per heavy atom. The average molecular weight is 250 g/mol. The Morgan fingerprint density at radius 1 is 1.59 bits per heavy atom. The van der Waals surface area contributed by atoms with Crippen LogP contribution in [-0.4, -0.2) is 35.0 Å². The Bertz CT molecular complexity index is 548. The van der Waals surface area contributed by atoms with Gasteiger partial charge in [-0.25, -0.2) is 4.98 Å². The van der Waals surface area contributed by atoms with Crippen LogP contribution in [0.15, 0.2) is 23.4 Å². The lowest BCUT2D eigenvalue weighted by molar-refractivity contribution is 0.348. The SMILES string of the molecule is COc1ccc2nc(SCC3(C)CO3)[nH]c2c1. The van der Waals surface area contributed by atoms with Gasteiger partial charge in [-0.1, -0.05) is 11.8 Å². The zero-order valence-electron chi connectivity index (χ0n) is 9.82. The number of hydrogen-bond acceptors (Lipinski definition) is 4. The van der Waals surface area contributed by atoms with Crippen LogP contribution in [0.5, 0.6) is 5.75 Å². The summed E-state index contributed by atoms with van der Waals surface area (Å²) in [6.45, 7) is 2.97. The lowest BCUT2D eigenvalue weighted by Crippen LogP contribution is -2.07. The van der Waals surface area contributed by atoms with Gasteiger partial charge in [-0.15, -0.1) is 0 Å². The Morgan fingerprint density at radius 3 is 3.12 bits per heavy atom. The minimum absolute atomic E-state index is 0.0569. The van der Waals surface area contributed by atoms with Gasteiger partial charge in [0.2, 0.25) is 0 Å². The maximum absolute atomic E-state index is 5.35. The van der Waals surface area contributed by atoms with Gasteiger partial charge in [0, 0.05) is 11.8 Å². The van der Waals surface area contributed by atoms with Crippen LogP contribution >= 0.6 is 11.8 Å². The molecule has 0 aliphatic carbocycles. The molecule has 4 nitrogen and oxygen atoms in total. The fraction of sp³-hybridized carbons (Fsp3) is 0.417. The lowest BCUT2D eigenvalue weighted by Gasteiger charge is -2.00. The predicted molar refractivity (Wildman–Crippen MR) is 67.7 cm³/mol. The van der Waals surface area contributed by atoms with Crippen molar-refractivity contribution in [1.29, 1.82) is 0 Å². The second-order valence-corrected chi connectivity index (χ2v) is 5.42. The van der Waals surface area contributed by atoms with E-state index in [0.717, 1.165) is 34.3 Å². The van der Waals surface area contributed by atoms with Gasteiger partial charge < -0.3 is 14.5 Å². The summed E-state index contributed by atoms with van der Waals surface area (Å²) in [5, 5.41) is 0.935. The molecule has 90 valence electrons. The van der Waals surface area contributed by atoms with E-state index in [1.54, 1.807) is 18.9 Å². The highest BCUT2D eigenvalue weighted by atomic mass is 32.2. The third-order valence-electron chi connectivity index (χ3n) is 2.82. The molecule has 1 aliphatic heterocycles. The molecule has 1 fully saturated rings. The minimum atomic E-state index is 0.0569. The number of H-pyrrole nitrogens is 1. The molecule has 3 rings (SSSR count). The van der Waals surface area contributed by atoms with Gasteiger partial charge in [-0.3, -0.25) is 0 Å². The molecule has 0 amide bonds. The number of ether oxygens (including phenoxy) is 2. The third kappa shape index (κ3) is 2.25. The number of aromatic nitrogens is 2. The van der Waals surface area contributed by atoms with Crippen LogP contribution in [0, 0.1) is 0 Å². The van der Waals surface area contributed by atoms with Crippen LogP contribution in [0.2, 0.25) is 0 Å². The lowest BCUT2D eigenvalue weighted by atomic mass is 10.3. The molecule has 0 spiro atoms. The van der Waals surface area contributed by atoms with E-state index in [9.17, 15) is 0 Å². The van der Waals surface area contributed by atoms with E-state index >= 15 is 0 Å². The summed E-state index contributed by atoms with van der Waals surface area (Å²) in [5.74, 6) is 1.78. The molecule has 0 bridgehead atoms. The maximum Gasteiger partial charge on any atom is 0.166 e. The molecule has 1 aliphatic rings. The number of hydrogen-bond donors (Lipinski definition) is 1. The number of epoxide rings is 1. The van der Waals surface area contributed by atoms with Gasteiger partial charge in [0.1, 0.15) is 5.75 Å². The van der Waals surface area contributed by atoms with Crippen LogP contribution in [0.4, 0.5) is 0 Å². The van der Waals surface area contributed by atoms with Gasteiger partial charge in [-0.2, -0.15) is 0 Å². The van der Waals surface area contributed by atoms with E-state index in [1.165, 1.54) is 0 Å². The number of fused-ring (bicyclic) bond motifs is 1. The fourth-order valence-electron chi connectivity index (χ4n) is 1.59. The van der Waals surface area contributed by atoms with E-state index in [1.807, 2.05) is 18.2 Å². The average Bonchev–Trinajstić information content (AvgIpc) is 2.93. The topological polar surface area (TPSA) is 50.4 Å². The van der Waals surface area contributed by atoms with Gasteiger partial charge in [0.05, 0.1) is 30.4 Å². The first kappa shape index (κ1) is 10.9. The number of aromatic amines is 1. The highest BCUT2D eigenvalue weighted by Crippen LogP contribution is 2.33. The quantitative estimate of drug-likeness (QED) is 0.669. The van der Waals surface area contributed by atoms with Crippen molar-refractivity contribution in [1.82, 2.24) is 9.97 Å². The van der Waals surface area contributed by atoms with Crippen molar-refractivity contribution in [3.63, 3.8) is 0 Å². The third-order valence-corrected chi connectivity index (χ3v) is 4.04. The van der Waals surface area contributed by atoms with Crippen molar-refractivity contribution in [3.05, 3.63) is 18.2 Å². The molecule has 5 heteroatoms. The van der Waals surface area contributed by atoms with Crippen molar-refractivity contribution >= 4 is 22.8 Å². The van der Waals surface area contributed by atoms with E-state index in [0.29, 0.717) is 0 Å². The van der Waals surface area contributed by atoms with Gasteiger partial charge in [0.25, 0.3) is 0 Å². The molecular weight excluding hydrogens is 236 g/mol. The number of rotatable bonds is 4. The number of benzene rings is 1. The first-order valence-electron chi connectivity index (χ1n) is 5.49. The van der Waals surface area contributed by atoms with Crippen molar-refractivity contribution in [2.75, 3.05) is 19.5 Å². The van der Waals surface area contributed by atoms with Crippen molar-refractivity contribution in [2.45, 2.75) is 17.7 Å². The maximum atomic E-state index is 5.35. The molecule has 1 aromatic heterocycles. The summed E-state index contributed by atoms with van der Waals surface area (Å²) >= 11 is 1.70. The molecule has 1 unspecified atom stereocenters. The molecule has 1 atom stereocenters. The summed E-state index contributed by atoms with van der Waals surface area (Å²) in [6.07, 6.45) is 0. The molecule has 2 heterocycles. The molecule has 0 saturated carbocycles. The first-order valence-corrected chi connectivity index (χ1v) is 6.48. The predicted octanol–water partition coefficient (Wildman–Crippen LogP) is 2.45. The Labute approximate surface area is 104 Å². The van der Waals surface area contributed by atoms with Crippen molar-refractivity contribution < 1.29 is 9.47 Å². The largest absolute Gasteiger partial charge is 0.497 e. The first-order chi connectivity index (χ1) is 8.18. The van der Waals surface area contributed by atoms with E-state index in [-0.39, 0.29) is 5.60 Å². The van der Waals surface area contributed by atoms with Crippen LogP contribution in [0.1, 0.15) is 6.92 Å². The van der Waals surface area contributed by atoms with E-state index in [2.05, 4.69) is 16.9 Å². The second-order valence-electron chi connectivity index (χ2n) is 4.45. The minimum Gasteiger partial charge on any atom is -0.497 e. The number of nitrogens with zero attached hydrogens (tertiary/aromatic N) is 1. The van der Waals surface area contributed by atoms with Crippen molar-refractivity contribution in [3.8, 4) is 5.75 Å². The number of methoxy groups -OCH3 is 1. The monoisotopic (exact) mass is 250 g/mol. The number of thioether (sulfide) groups is 1.